The molecule has 0 unspecified atom stereocenters. The Morgan fingerprint density at radius 2 is 1.26 bits per heavy atom. The Bertz CT molecular complexity index is 1780. The number of rotatable bonds is 2. The number of benzene rings is 4. The van der Waals surface area contributed by atoms with Crippen molar-refractivity contribution in [2.75, 3.05) is 0 Å². The minimum atomic E-state index is -0.195. The van der Waals surface area contributed by atoms with Crippen molar-refractivity contribution in [3.63, 3.8) is 0 Å². The molecule has 34 heavy (non-hydrogen) atoms. The van der Waals surface area contributed by atoms with Gasteiger partial charge in [0.15, 0.2) is 11.6 Å². The van der Waals surface area contributed by atoms with Crippen molar-refractivity contribution in [2.45, 2.75) is 0 Å². The zero-order valence-corrected chi connectivity index (χ0v) is 18.8. The van der Waals surface area contributed by atoms with E-state index < -0.39 is 0 Å². The molecule has 1 aliphatic rings. The van der Waals surface area contributed by atoms with Gasteiger partial charge in [0.2, 0.25) is 0 Å². The van der Waals surface area contributed by atoms with Crippen LogP contribution in [0.4, 0.5) is 0 Å². The van der Waals surface area contributed by atoms with Gasteiger partial charge >= 0.3 is 0 Å². The lowest BCUT2D eigenvalue weighted by molar-refractivity contribution is 0.0990. The van der Waals surface area contributed by atoms with Gasteiger partial charge in [-0.3, -0.25) is 9.59 Å². The van der Waals surface area contributed by atoms with E-state index in [1.807, 2.05) is 66.7 Å². The van der Waals surface area contributed by atoms with Crippen LogP contribution in [0.2, 0.25) is 0 Å². The van der Waals surface area contributed by atoms with E-state index in [-0.39, 0.29) is 17.1 Å². The summed E-state index contributed by atoms with van der Waals surface area (Å²) in [6.45, 7) is 0. The Morgan fingerprint density at radius 3 is 1.97 bits per heavy atom. The summed E-state index contributed by atoms with van der Waals surface area (Å²) in [6, 6.07) is 32.2. The first-order valence-electron chi connectivity index (χ1n) is 11.1. The molecular weight excluding hydrogens is 438 g/mol. The monoisotopic (exact) mass is 455 g/mol. The Hall–Kier alpha value is -4.28. The minimum Gasteiger partial charge on any atom is -0.301 e. The molecule has 6 aromatic rings. The van der Waals surface area contributed by atoms with Crippen LogP contribution in [0.25, 0.3) is 43.7 Å². The first kappa shape index (κ1) is 19.2. The number of fused-ring (bicyclic) bond motifs is 5. The highest BCUT2D eigenvalue weighted by Crippen LogP contribution is 2.39. The van der Waals surface area contributed by atoms with Crippen molar-refractivity contribution < 1.29 is 9.59 Å². The summed E-state index contributed by atoms with van der Waals surface area (Å²) in [5, 5.41) is 4.21. The number of thiophene rings is 1. The van der Waals surface area contributed by atoms with Gasteiger partial charge in [0, 0.05) is 32.5 Å². The number of nitrogens with zero attached hydrogens (tertiary/aromatic N) is 1. The number of para-hydroxylation sites is 2. The van der Waals surface area contributed by atoms with Crippen LogP contribution in [0.15, 0.2) is 103 Å². The Morgan fingerprint density at radius 1 is 0.647 bits per heavy atom. The summed E-state index contributed by atoms with van der Waals surface area (Å²) in [6.07, 6.45) is 1.77. The lowest BCUT2D eigenvalue weighted by Crippen LogP contribution is -1.99. The van der Waals surface area contributed by atoms with Crippen molar-refractivity contribution in [1.82, 2.24) is 4.57 Å². The first-order valence-corrected chi connectivity index (χ1v) is 11.9. The van der Waals surface area contributed by atoms with E-state index in [0.29, 0.717) is 11.1 Å². The predicted octanol–water partition coefficient (Wildman–Crippen LogP) is 7.46. The molecule has 0 fully saturated rings. The van der Waals surface area contributed by atoms with Gasteiger partial charge < -0.3 is 4.57 Å². The molecule has 0 aliphatic heterocycles. The van der Waals surface area contributed by atoms with Crippen LogP contribution in [-0.2, 0) is 0 Å². The second-order valence-corrected chi connectivity index (χ2v) is 9.58. The summed E-state index contributed by atoms with van der Waals surface area (Å²) >= 11 is 1.60. The molecule has 4 heteroatoms. The first-order chi connectivity index (χ1) is 16.7. The molecule has 160 valence electrons. The molecule has 0 saturated carbocycles. The number of hydrogen-bond donors (Lipinski definition) is 0. The molecule has 1 aliphatic carbocycles. The average Bonchev–Trinajstić information content (AvgIpc) is 3.49. The number of allylic oxidation sites excluding steroid dienone is 1. The van der Waals surface area contributed by atoms with Crippen LogP contribution in [0.3, 0.4) is 0 Å². The van der Waals surface area contributed by atoms with Crippen molar-refractivity contribution in [2.24, 2.45) is 0 Å². The molecule has 4 aromatic carbocycles. The second-order valence-electron chi connectivity index (χ2n) is 8.52. The van der Waals surface area contributed by atoms with Crippen LogP contribution in [0.5, 0.6) is 0 Å². The molecule has 2 heterocycles. The molecule has 0 radical (unpaired) electrons. The number of aromatic nitrogens is 1. The normalized spacial score (nSPS) is 13.4. The Balaban J connectivity index is 1.41. The number of ketones is 2. The molecule has 0 spiro atoms. The fourth-order valence-electron chi connectivity index (χ4n) is 4.95. The number of hydrogen-bond acceptors (Lipinski definition) is 3. The molecule has 7 rings (SSSR count). The zero-order chi connectivity index (χ0) is 22.8. The predicted molar refractivity (Wildman–Crippen MR) is 139 cm³/mol. The van der Waals surface area contributed by atoms with E-state index in [4.69, 9.17) is 0 Å². The van der Waals surface area contributed by atoms with Crippen molar-refractivity contribution in [3.8, 4) is 5.69 Å². The highest BCUT2D eigenvalue weighted by atomic mass is 32.1. The molecule has 3 nitrogen and oxygen atoms in total. The molecule has 0 saturated heterocycles. The third-order valence-electron chi connectivity index (χ3n) is 6.54. The van der Waals surface area contributed by atoms with E-state index in [0.717, 1.165) is 42.5 Å². The molecule has 2 aromatic heterocycles. The lowest BCUT2D eigenvalue weighted by Gasteiger charge is -2.06. The standard InChI is InChI=1S/C30H17NO2S/c32-28-23-14-18-8-4-5-9-19(18)15-24(23)29(33)26(28)17-21-16-25-22-12-6-7-13-27(22)31(30(25)34-21)20-10-2-1-3-11-20/h1-17H. The number of Topliss-reactive ketones (excluding diaryl/α,β-unsaturated/α-hetero) is 2. The van der Waals surface area contributed by atoms with Crippen LogP contribution >= 0.6 is 11.3 Å². The van der Waals surface area contributed by atoms with E-state index >= 15 is 0 Å². The van der Waals surface area contributed by atoms with Gasteiger partial charge in [0.25, 0.3) is 0 Å². The van der Waals surface area contributed by atoms with E-state index in [1.165, 1.54) is 0 Å². The SMILES string of the molecule is O=C1C(=Cc2cc3c4ccccc4n(-c4ccccc4)c3s2)C(=O)c2cc3ccccc3cc21. The maximum atomic E-state index is 13.2. The highest BCUT2D eigenvalue weighted by molar-refractivity contribution is 7.19. The lowest BCUT2D eigenvalue weighted by atomic mass is 10.0. The van der Waals surface area contributed by atoms with Gasteiger partial charge in [0.05, 0.1) is 11.1 Å². The van der Waals surface area contributed by atoms with Gasteiger partial charge in [-0.2, -0.15) is 0 Å². The largest absolute Gasteiger partial charge is 0.301 e. The topological polar surface area (TPSA) is 39.1 Å². The van der Waals surface area contributed by atoms with Gasteiger partial charge in [-0.15, -0.1) is 11.3 Å². The van der Waals surface area contributed by atoms with Gasteiger partial charge in [0.1, 0.15) is 4.83 Å². The van der Waals surface area contributed by atoms with Crippen molar-refractivity contribution >= 4 is 60.9 Å². The van der Waals surface area contributed by atoms with Crippen LogP contribution in [-0.4, -0.2) is 16.1 Å². The van der Waals surface area contributed by atoms with Crippen molar-refractivity contribution in [3.05, 3.63) is 119 Å². The van der Waals surface area contributed by atoms with Gasteiger partial charge in [-0.25, -0.2) is 0 Å². The average molecular weight is 456 g/mol. The summed E-state index contributed by atoms with van der Waals surface area (Å²) < 4.78 is 2.25. The van der Waals surface area contributed by atoms with Crippen molar-refractivity contribution in [1.29, 1.82) is 0 Å². The van der Waals surface area contributed by atoms with Crippen LogP contribution < -0.4 is 0 Å². The highest BCUT2D eigenvalue weighted by Gasteiger charge is 2.33. The van der Waals surface area contributed by atoms with E-state index in [9.17, 15) is 9.59 Å². The minimum absolute atomic E-state index is 0.195. The summed E-state index contributed by atoms with van der Waals surface area (Å²) in [4.78, 5) is 28.4. The Labute approximate surface area is 199 Å². The second kappa shape index (κ2) is 7.11. The van der Waals surface area contributed by atoms with E-state index in [2.05, 4.69) is 34.9 Å². The molecule has 0 atom stereocenters. The summed E-state index contributed by atoms with van der Waals surface area (Å²) in [5.41, 5.74) is 3.46. The maximum Gasteiger partial charge on any atom is 0.197 e. The summed E-state index contributed by atoms with van der Waals surface area (Å²) in [7, 11) is 0. The summed E-state index contributed by atoms with van der Waals surface area (Å²) in [5.74, 6) is -0.390. The van der Waals surface area contributed by atoms with Gasteiger partial charge in [-0.05, 0) is 53.2 Å². The fourth-order valence-corrected chi connectivity index (χ4v) is 6.10. The molecular formula is C30H17NO2S. The Kier molecular flexibility index (Phi) is 4.02. The maximum absolute atomic E-state index is 13.2. The number of carbonyl (C=O) groups is 2. The quantitative estimate of drug-likeness (QED) is 0.201. The van der Waals surface area contributed by atoms with Crippen LogP contribution in [0, 0.1) is 0 Å². The van der Waals surface area contributed by atoms with Crippen LogP contribution in [0.1, 0.15) is 25.6 Å². The third-order valence-corrected chi connectivity index (χ3v) is 7.60. The molecule has 0 amide bonds. The number of carbonyl (C=O) groups excluding carboxylic acids is 2. The van der Waals surface area contributed by atoms with Gasteiger partial charge in [-0.1, -0.05) is 60.7 Å². The third kappa shape index (κ3) is 2.69. The zero-order valence-electron chi connectivity index (χ0n) is 18.0. The molecule has 0 N–H and O–H groups in total. The smallest absolute Gasteiger partial charge is 0.197 e. The fraction of sp³-hybridized carbons (Fsp3) is 0. The van der Waals surface area contributed by atoms with E-state index in [1.54, 1.807) is 17.4 Å². The molecule has 0 bridgehead atoms.